The standard InChI is InChI=1S/C17H23N3O/c1-12-7-8-18-15(9-12)10-14(3)20(4)11-16-17(21)6-5-13(2)19-16/h5-9,14,21H,10-11H2,1-4H3/t14-/m0/s1. The molecule has 0 spiro atoms. The molecule has 4 nitrogen and oxygen atoms in total. The van der Waals surface area contributed by atoms with Crippen LogP contribution in [0.1, 0.15) is 29.6 Å². The summed E-state index contributed by atoms with van der Waals surface area (Å²) in [5, 5.41) is 9.89. The second kappa shape index (κ2) is 6.68. The molecule has 0 fully saturated rings. The molecule has 1 atom stereocenters. The van der Waals surface area contributed by atoms with Crippen LogP contribution in [0.5, 0.6) is 5.75 Å². The molecular weight excluding hydrogens is 262 g/mol. The van der Waals surface area contributed by atoms with Gasteiger partial charge in [-0.3, -0.25) is 14.9 Å². The van der Waals surface area contributed by atoms with Gasteiger partial charge in [0.25, 0.3) is 0 Å². The van der Waals surface area contributed by atoms with Gasteiger partial charge in [-0.25, -0.2) is 0 Å². The predicted molar refractivity (Wildman–Crippen MR) is 84.2 cm³/mol. The third kappa shape index (κ3) is 4.26. The molecule has 0 saturated heterocycles. The summed E-state index contributed by atoms with van der Waals surface area (Å²) in [7, 11) is 2.05. The van der Waals surface area contributed by atoms with Crippen LogP contribution in [0.2, 0.25) is 0 Å². The fourth-order valence-corrected chi connectivity index (χ4v) is 2.28. The maximum Gasteiger partial charge on any atom is 0.138 e. The van der Waals surface area contributed by atoms with E-state index in [1.807, 2.05) is 32.3 Å². The minimum atomic E-state index is 0.258. The third-order valence-electron chi connectivity index (χ3n) is 3.72. The van der Waals surface area contributed by atoms with Gasteiger partial charge in [-0.1, -0.05) is 0 Å². The molecule has 4 heteroatoms. The van der Waals surface area contributed by atoms with E-state index in [1.54, 1.807) is 6.07 Å². The molecule has 0 unspecified atom stereocenters. The molecule has 0 aliphatic rings. The summed E-state index contributed by atoms with van der Waals surface area (Å²) in [5.41, 5.74) is 3.97. The van der Waals surface area contributed by atoms with Gasteiger partial charge in [-0.2, -0.15) is 0 Å². The van der Waals surface area contributed by atoms with Crippen molar-refractivity contribution in [1.29, 1.82) is 0 Å². The summed E-state index contributed by atoms with van der Waals surface area (Å²) >= 11 is 0. The van der Waals surface area contributed by atoms with E-state index < -0.39 is 0 Å². The summed E-state index contributed by atoms with van der Waals surface area (Å²) in [6.45, 7) is 6.80. The van der Waals surface area contributed by atoms with E-state index in [4.69, 9.17) is 0 Å². The zero-order valence-corrected chi connectivity index (χ0v) is 13.2. The second-order valence-electron chi connectivity index (χ2n) is 5.71. The number of hydrogen-bond donors (Lipinski definition) is 1. The van der Waals surface area contributed by atoms with Gasteiger partial charge in [-0.05, 0) is 57.6 Å². The van der Waals surface area contributed by atoms with Gasteiger partial charge in [0.05, 0.1) is 5.69 Å². The van der Waals surface area contributed by atoms with Gasteiger partial charge in [-0.15, -0.1) is 0 Å². The summed E-state index contributed by atoms with van der Waals surface area (Å²) in [4.78, 5) is 11.0. The number of aromatic nitrogens is 2. The quantitative estimate of drug-likeness (QED) is 0.917. The molecule has 0 aliphatic heterocycles. The van der Waals surface area contributed by atoms with E-state index in [-0.39, 0.29) is 5.75 Å². The smallest absolute Gasteiger partial charge is 0.138 e. The van der Waals surface area contributed by atoms with E-state index in [0.717, 1.165) is 23.5 Å². The molecule has 2 aromatic heterocycles. The lowest BCUT2D eigenvalue weighted by molar-refractivity contribution is 0.240. The fraction of sp³-hybridized carbons (Fsp3) is 0.412. The highest BCUT2D eigenvalue weighted by Crippen LogP contribution is 2.18. The molecule has 0 amide bonds. The van der Waals surface area contributed by atoms with Crippen molar-refractivity contribution in [2.45, 2.75) is 39.8 Å². The molecule has 0 saturated carbocycles. The van der Waals surface area contributed by atoms with Crippen molar-refractivity contribution in [3.63, 3.8) is 0 Å². The van der Waals surface area contributed by atoms with E-state index in [0.29, 0.717) is 12.6 Å². The van der Waals surface area contributed by atoms with Gasteiger partial charge in [0, 0.05) is 36.6 Å². The first kappa shape index (κ1) is 15.4. The molecule has 21 heavy (non-hydrogen) atoms. The van der Waals surface area contributed by atoms with Crippen LogP contribution < -0.4 is 0 Å². The molecule has 1 N–H and O–H groups in total. The van der Waals surface area contributed by atoms with Crippen LogP contribution in [0, 0.1) is 13.8 Å². The molecule has 0 bridgehead atoms. The van der Waals surface area contributed by atoms with Crippen LogP contribution in [0.25, 0.3) is 0 Å². The highest BCUT2D eigenvalue weighted by Gasteiger charge is 2.14. The number of likely N-dealkylation sites (N-methyl/N-ethyl adjacent to an activating group) is 1. The lowest BCUT2D eigenvalue weighted by Gasteiger charge is -2.24. The molecule has 2 rings (SSSR count). The summed E-state index contributed by atoms with van der Waals surface area (Å²) in [5.74, 6) is 0.258. The first-order chi connectivity index (χ1) is 9.95. The molecule has 2 aromatic rings. The Hall–Kier alpha value is -1.94. The van der Waals surface area contributed by atoms with Crippen LogP contribution in [0.3, 0.4) is 0 Å². The number of hydrogen-bond acceptors (Lipinski definition) is 4. The van der Waals surface area contributed by atoms with Gasteiger partial charge in [0.15, 0.2) is 0 Å². The summed E-state index contributed by atoms with van der Waals surface area (Å²) in [6, 6.07) is 7.97. The monoisotopic (exact) mass is 285 g/mol. The number of aromatic hydroxyl groups is 1. The average molecular weight is 285 g/mol. The normalized spacial score (nSPS) is 12.6. The lowest BCUT2D eigenvalue weighted by Crippen LogP contribution is -2.31. The maximum atomic E-state index is 9.89. The van der Waals surface area contributed by atoms with Crippen molar-refractivity contribution in [3.05, 3.63) is 53.1 Å². The molecule has 2 heterocycles. The van der Waals surface area contributed by atoms with Gasteiger partial charge < -0.3 is 5.11 Å². The number of nitrogens with zero attached hydrogens (tertiary/aromatic N) is 3. The van der Waals surface area contributed by atoms with E-state index in [2.05, 4.69) is 34.8 Å². The summed E-state index contributed by atoms with van der Waals surface area (Å²) < 4.78 is 0. The van der Waals surface area contributed by atoms with Crippen molar-refractivity contribution < 1.29 is 5.11 Å². The maximum absolute atomic E-state index is 9.89. The first-order valence-corrected chi connectivity index (χ1v) is 7.23. The number of rotatable bonds is 5. The molecule has 0 aliphatic carbocycles. The third-order valence-corrected chi connectivity index (χ3v) is 3.72. The van der Waals surface area contributed by atoms with Crippen molar-refractivity contribution in [3.8, 4) is 5.75 Å². The molecule has 112 valence electrons. The van der Waals surface area contributed by atoms with Gasteiger partial charge >= 0.3 is 0 Å². The zero-order valence-electron chi connectivity index (χ0n) is 13.2. The Bertz CT molecular complexity index is 613. The van der Waals surface area contributed by atoms with E-state index in [9.17, 15) is 5.11 Å². The lowest BCUT2D eigenvalue weighted by atomic mass is 10.1. The van der Waals surface area contributed by atoms with Crippen LogP contribution in [-0.2, 0) is 13.0 Å². The Kier molecular flexibility index (Phi) is 4.91. The van der Waals surface area contributed by atoms with Crippen molar-refractivity contribution in [1.82, 2.24) is 14.9 Å². The molecular formula is C17H23N3O. The SMILES string of the molecule is Cc1ccnc(C[C@H](C)N(C)Cc2nc(C)ccc2O)c1. The Balaban J connectivity index is 2.02. The van der Waals surface area contributed by atoms with Crippen molar-refractivity contribution in [2.75, 3.05) is 7.05 Å². The fourth-order valence-electron chi connectivity index (χ4n) is 2.28. The zero-order chi connectivity index (χ0) is 15.4. The Morgan fingerprint density at radius 2 is 2.00 bits per heavy atom. The van der Waals surface area contributed by atoms with Crippen molar-refractivity contribution in [2.24, 2.45) is 0 Å². The van der Waals surface area contributed by atoms with Crippen LogP contribution in [0.4, 0.5) is 0 Å². The molecule has 0 radical (unpaired) electrons. The number of aryl methyl sites for hydroxylation is 2. The Labute approximate surface area is 126 Å². The molecule has 0 aromatic carbocycles. The average Bonchev–Trinajstić information content (AvgIpc) is 2.43. The Morgan fingerprint density at radius 1 is 1.24 bits per heavy atom. The number of pyridine rings is 2. The minimum absolute atomic E-state index is 0.258. The predicted octanol–water partition coefficient (Wildman–Crippen LogP) is 2.86. The van der Waals surface area contributed by atoms with Gasteiger partial charge in [0.1, 0.15) is 5.75 Å². The van der Waals surface area contributed by atoms with E-state index >= 15 is 0 Å². The van der Waals surface area contributed by atoms with Gasteiger partial charge in [0.2, 0.25) is 0 Å². The highest BCUT2D eigenvalue weighted by molar-refractivity contribution is 5.27. The highest BCUT2D eigenvalue weighted by atomic mass is 16.3. The summed E-state index contributed by atoms with van der Waals surface area (Å²) in [6.07, 6.45) is 2.73. The van der Waals surface area contributed by atoms with Crippen LogP contribution >= 0.6 is 0 Å². The minimum Gasteiger partial charge on any atom is -0.506 e. The Morgan fingerprint density at radius 3 is 2.71 bits per heavy atom. The topological polar surface area (TPSA) is 49.2 Å². The largest absolute Gasteiger partial charge is 0.506 e. The van der Waals surface area contributed by atoms with E-state index in [1.165, 1.54) is 5.56 Å². The van der Waals surface area contributed by atoms with Crippen molar-refractivity contribution >= 4 is 0 Å². The second-order valence-corrected chi connectivity index (χ2v) is 5.71. The first-order valence-electron chi connectivity index (χ1n) is 7.23. The van der Waals surface area contributed by atoms with Crippen LogP contribution in [-0.4, -0.2) is 33.1 Å². The van der Waals surface area contributed by atoms with Crippen LogP contribution in [0.15, 0.2) is 30.5 Å².